The fourth-order valence-electron chi connectivity index (χ4n) is 7.94. The van der Waals surface area contributed by atoms with Crippen LogP contribution in [0.1, 0.15) is 86.7 Å². The number of furan rings is 1. The van der Waals surface area contributed by atoms with Gasteiger partial charge in [0.15, 0.2) is 0 Å². The second-order valence-electron chi connectivity index (χ2n) is 17.3. The molecule has 6 aromatic carbocycles. The number of hydrogen-bond acceptors (Lipinski definition) is 3. The van der Waals surface area contributed by atoms with Crippen LogP contribution in [-0.4, -0.2) is 9.97 Å². The van der Waals surface area contributed by atoms with Crippen LogP contribution >= 0.6 is 0 Å². The minimum Gasteiger partial charge on any atom is -0.500 e. The number of pyridine rings is 2. The number of rotatable bonds is 7. The molecule has 0 unspecified atom stereocenters. The average molecular weight is 1000 g/mol. The van der Waals surface area contributed by atoms with E-state index in [1.54, 1.807) is 12.1 Å². The largest absolute Gasteiger partial charge is 0.500 e. The first-order valence-electron chi connectivity index (χ1n) is 22.6. The van der Waals surface area contributed by atoms with Gasteiger partial charge in [0.25, 0.3) is 0 Å². The summed E-state index contributed by atoms with van der Waals surface area (Å²) in [6.07, 6.45) is 3.73. The molecule has 0 amide bonds. The fourth-order valence-corrected chi connectivity index (χ4v) is 7.94. The molecular weight excluding hydrogens is 947 g/mol. The molecule has 0 saturated heterocycles. The minimum absolute atomic E-state index is 0. The number of para-hydroxylation sites is 1. The maximum atomic E-state index is 7.88. The monoisotopic (exact) mass is 1000 g/mol. The van der Waals surface area contributed by atoms with Gasteiger partial charge in [-0.05, 0) is 79.2 Å². The Balaban J connectivity index is 0.000000260. The number of hydrogen-bond donors (Lipinski definition) is 0. The van der Waals surface area contributed by atoms with Gasteiger partial charge in [0, 0.05) is 53.1 Å². The molecule has 0 bridgehead atoms. The molecule has 0 fully saturated rings. The second kappa shape index (κ2) is 18.9. The number of nitrogens with zero attached hydrogens (tertiary/aromatic N) is 3. The molecule has 4 nitrogen and oxygen atoms in total. The van der Waals surface area contributed by atoms with Gasteiger partial charge in [0.1, 0.15) is 11.3 Å². The van der Waals surface area contributed by atoms with Crippen molar-refractivity contribution in [2.75, 3.05) is 0 Å². The Hall–Kier alpha value is -6.44. The molecular formula is C58H51IrN3O-2. The normalized spacial score (nSPS) is 12.2. The Morgan fingerprint density at radius 2 is 1.37 bits per heavy atom. The standard InChI is InChI=1S/C42H33N2O.C16H18N.Ir/c1-26(2)35-21-31(28-13-8-6-9-14-28)22-36(27(3)4)40(35)30-19-20-44-39(23-30)38-25-32(43-5)24-37-34-18-12-17-33(41(34)45-42(37)38)29-15-10-7-11-16-29;1-12-5-7-13(8-6-12)15-10-9-14(11-17-15)16(2,3)4;/h6-24,26-27H,1-4H3;5-7,9-11H,1-4H3;/q2*-1;/i;1D3;. The van der Waals surface area contributed by atoms with Crippen molar-refractivity contribution in [3.63, 3.8) is 0 Å². The Bertz CT molecular complexity index is 3080. The summed E-state index contributed by atoms with van der Waals surface area (Å²) in [6.45, 7) is 21.2. The zero-order valence-corrected chi connectivity index (χ0v) is 39.1. The Kier molecular flexibility index (Phi) is 12.2. The third-order valence-electron chi connectivity index (χ3n) is 11.3. The summed E-state index contributed by atoms with van der Waals surface area (Å²) in [5.74, 6) is 0.626. The molecule has 9 rings (SSSR count). The molecule has 315 valence electrons. The number of benzene rings is 6. The van der Waals surface area contributed by atoms with Crippen LogP contribution in [0.2, 0.25) is 0 Å². The van der Waals surface area contributed by atoms with Gasteiger partial charge in [-0.3, -0.25) is 4.85 Å². The molecule has 0 atom stereocenters. The van der Waals surface area contributed by atoms with Crippen LogP contribution < -0.4 is 0 Å². The number of aryl methyl sites for hydroxylation is 1. The molecule has 5 heteroatoms. The third kappa shape index (κ3) is 9.49. The van der Waals surface area contributed by atoms with E-state index in [1.807, 2.05) is 54.9 Å². The molecule has 9 aromatic rings. The minimum atomic E-state index is -2.08. The average Bonchev–Trinajstić information content (AvgIpc) is 3.70. The van der Waals surface area contributed by atoms with E-state index in [-0.39, 0.29) is 25.5 Å². The summed E-state index contributed by atoms with van der Waals surface area (Å²) in [6, 6.07) is 53.1. The van der Waals surface area contributed by atoms with Crippen molar-refractivity contribution in [2.24, 2.45) is 0 Å². The maximum Gasteiger partial charge on any atom is 0.128 e. The van der Waals surface area contributed by atoms with Gasteiger partial charge in [-0.15, -0.1) is 47.5 Å². The summed E-state index contributed by atoms with van der Waals surface area (Å²) in [5, 5.41) is 1.87. The first-order valence-corrected chi connectivity index (χ1v) is 21.1. The summed E-state index contributed by atoms with van der Waals surface area (Å²) < 4.78 is 28.7. The third-order valence-corrected chi connectivity index (χ3v) is 11.3. The zero-order valence-electron chi connectivity index (χ0n) is 39.7. The van der Waals surface area contributed by atoms with E-state index in [0.29, 0.717) is 34.2 Å². The van der Waals surface area contributed by atoms with Crippen molar-refractivity contribution >= 4 is 27.6 Å². The zero-order chi connectivity index (χ0) is 46.0. The first-order chi connectivity index (χ1) is 31.1. The van der Waals surface area contributed by atoms with Crippen LogP contribution in [-0.2, 0) is 25.5 Å². The molecule has 63 heavy (non-hydrogen) atoms. The van der Waals surface area contributed by atoms with Gasteiger partial charge in [0.05, 0.1) is 6.57 Å². The second-order valence-corrected chi connectivity index (χ2v) is 17.3. The fraction of sp³-hybridized carbons (Fsp3) is 0.190. The van der Waals surface area contributed by atoms with Crippen molar-refractivity contribution in [1.29, 1.82) is 0 Å². The van der Waals surface area contributed by atoms with Crippen LogP contribution in [0.5, 0.6) is 0 Å². The topological polar surface area (TPSA) is 43.3 Å². The van der Waals surface area contributed by atoms with E-state index in [4.69, 9.17) is 20.1 Å². The SMILES string of the molecule is [2H]C([2H])([2H])c1c[c-]c(-c2ccc(C(C)(C)C)cn2)cc1.[C-]#[N+]c1[c-]c(-c2cc(-c3c(C(C)C)cc(-c4ccccc4)cc3C(C)C)ccn2)c2oc3c(-c4ccccc4)cccc3c2c1.[Ir]. The van der Waals surface area contributed by atoms with E-state index in [2.05, 4.69) is 149 Å². The molecule has 0 saturated carbocycles. The van der Waals surface area contributed by atoms with Crippen LogP contribution in [0.15, 0.2) is 156 Å². The predicted octanol–water partition coefficient (Wildman–Crippen LogP) is 16.4. The quantitative estimate of drug-likeness (QED) is 0.149. The van der Waals surface area contributed by atoms with Crippen molar-refractivity contribution < 1.29 is 28.6 Å². The van der Waals surface area contributed by atoms with E-state index in [0.717, 1.165) is 50.0 Å². The Labute approximate surface area is 390 Å². The van der Waals surface area contributed by atoms with E-state index in [1.165, 1.54) is 39.4 Å². The summed E-state index contributed by atoms with van der Waals surface area (Å²) in [5.41, 5.74) is 16.0. The Morgan fingerprint density at radius 3 is 1.95 bits per heavy atom. The summed E-state index contributed by atoms with van der Waals surface area (Å²) >= 11 is 0. The van der Waals surface area contributed by atoms with Gasteiger partial charge in [-0.25, -0.2) is 0 Å². The number of aromatic nitrogens is 2. The van der Waals surface area contributed by atoms with Gasteiger partial charge in [0.2, 0.25) is 0 Å². The van der Waals surface area contributed by atoms with Crippen molar-refractivity contribution in [2.45, 2.75) is 72.6 Å². The van der Waals surface area contributed by atoms with Crippen LogP contribution in [0.4, 0.5) is 5.69 Å². The molecule has 0 spiro atoms. The van der Waals surface area contributed by atoms with Crippen molar-refractivity contribution in [3.8, 4) is 55.9 Å². The predicted molar refractivity (Wildman–Crippen MR) is 258 cm³/mol. The molecule has 0 aliphatic rings. The maximum absolute atomic E-state index is 7.88. The van der Waals surface area contributed by atoms with Crippen LogP contribution in [0.25, 0.3) is 82.7 Å². The van der Waals surface area contributed by atoms with Gasteiger partial charge < -0.3 is 14.4 Å². The molecule has 0 aliphatic carbocycles. The summed E-state index contributed by atoms with van der Waals surface area (Å²) in [4.78, 5) is 13.1. The van der Waals surface area contributed by atoms with E-state index >= 15 is 0 Å². The van der Waals surface area contributed by atoms with Gasteiger partial charge in [-0.2, -0.15) is 0 Å². The summed E-state index contributed by atoms with van der Waals surface area (Å²) in [7, 11) is 0. The van der Waals surface area contributed by atoms with Gasteiger partial charge in [-0.1, -0.05) is 175 Å². The van der Waals surface area contributed by atoms with Crippen LogP contribution in [0.3, 0.4) is 0 Å². The Morgan fingerprint density at radius 1 is 0.667 bits per heavy atom. The molecule has 0 aliphatic heterocycles. The molecule has 3 heterocycles. The first kappa shape index (κ1) is 40.6. The molecule has 0 N–H and O–H groups in total. The van der Waals surface area contributed by atoms with E-state index in [9.17, 15) is 0 Å². The van der Waals surface area contributed by atoms with Crippen molar-refractivity contribution in [1.82, 2.24) is 9.97 Å². The van der Waals surface area contributed by atoms with Gasteiger partial charge >= 0.3 is 0 Å². The number of fused-ring (bicyclic) bond motifs is 3. The molecule has 3 aromatic heterocycles. The molecule has 1 radical (unpaired) electrons. The van der Waals surface area contributed by atoms with Crippen LogP contribution in [0, 0.1) is 25.6 Å². The van der Waals surface area contributed by atoms with E-state index < -0.39 is 6.85 Å². The van der Waals surface area contributed by atoms with Crippen molar-refractivity contribution in [3.05, 3.63) is 198 Å². The smallest absolute Gasteiger partial charge is 0.128 e.